The molecule has 0 spiro atoms. The van der Waals surface area contributed by atoms with Crippen molar-refractivity contribution in [3.63, 3.8) is 0 Å². The lowest BCUT2D eigenvalue weighted by atomic mass is 10.3. The van der Waals surface area contributed by atoms with E-state index in [0.29, 0.717) is 5.02 Å². The first-order valence-electron chi connectivity index (χ1n) is 7.62. The first kappa shape index (κ1) is 20.1. The molecule has 1 heterocycles. The Morgan fingerprint density at radius 3 is 2.00 bits per heavy atom. The van der Waals surface area contributed by atoms with E-state index in [9.17, 15) is 21.6 Å². The number of rotatable bonds is 5. The normalized spacial score (nSPS) is 11.9. The molecule has 0 aliphatic heterocycles. The molecular weight excluding hydrogens is 428 g/mol. The van der Waals surface area contributed by atoms with Crippen molar-refractivity contribution >= 4 is 43.1 Å². The van der Waals surface area contributed by atoms with Crippen LogP contribution in [0.4, 0.5) is 5.69 Å². The topological polar surface area (TPSA) is 137 Å². The average Bonchev–Trinajstić information content (AvgIpc) is 3.13. The van der Waals surface area contributed by atoms with Crippen molar-refractivity contribution < 1.29 is 26.0 Å². The summed E-state index contributed by atoms with van der Waals surface area (Å²) in [5.41, 5.74) is 0.274. The second kappa shape index (κ2) is 7.40. The van der Waals surface area contributed by atoms with Crippen molar-refractivity contribution in [1.29, 1.82) is 0 Å². The van der Waals surface area contributed by atoms with Crippen LogP contribution in [0.3, 0.4) is 0 Å². The molecule has 0 atom stereocenters. The lowest BCUT2D eigenvalue weighted by molar-refractivity contribution is 0.0991. The third-order valence-electron chi connectivity index (χ3n) is 3.63. The number of anilines is 1. The van der Waals surface area contributed by atoms with Gasteiger partial charge in [0.05, 0.1) is 9.79 Å². The number of sulfone groups is 1. The van der Waals surface area contributed by atoms with Crippen LogP contribution < -0.4 is 10.5 Å². The van der Waals surface area contributed by atoms with Crippen LogP contribution in [0.25, 0.3) is 0 Å². The highest BCUT2D eigenvalue weighted by molar-refractivity contribution is 7.91. The summed E-state index contributed by atoms with van der Waals surface area (Å²) in [5, 5.41) is 7.46. The molecule has 28 heavy (non-hydrogen) atoms. The molecule has 3 aromatic rings. The molecule has 0 aliphatic carbocycles. The van der Waals surface area contributed by atoms with Crippen molar-refractivity contribution in [3.05, 3.63) is 71.4 Å². The fraction of sp³-hybridized carbons (Fsp3) is 0. The van der Waals surface area contributed by atoms with Crippen LogP contribution in [0.1, 0.15) is 10.6 Å². The summed E-state index contributed by atoms with van der Waals surface area (Å²) < 4.78 is 52.7. The molecule has 2 aromatic carbocycles. The first-order chi connectivity index (χ1) is 13.1. The number of hydrogen-bond acceptors (Lipinski definition) is 6. The molecule has 0 fully saturated rings. The van der Waals surface area contributed by atoms with Gasteiger partial charge in [0.25, 0.3) is 5.91 Å². The molecule has 1 amide bonds. The summed E-state index contributed by atoms with van der Waals surface area (Å²) in [4.78, 5) is 12.1. The predicted octanol–water partition coefficient (Wildman–Crippen LogP) is 2.67. The Balaban J connectivity index is 1.79. The maximum atomic E-state index is 12.5. The van der Waals surface area contributed by atoms with E-state index in [-0.39, 0.29) is 21.2 Å². The maximum absolute atomic E-state index is 12.5. The molecule has 3 rings (SSSR count). The van der Waals surface area contributed by atoms with Gasteiger partial charge in [-0.1, -0.05) is 11.6 Å². The largest absolute Gasteiger partial charge is 0.439 e. The Morgan fingerprint density at radius 1 is 0.857 bits per heavy atom. The fourth-order valence-electron chi connectivity index (χ4n) is 2.24. The van der Waals surface area contributed by atoms with E-state index in [1.807, 2.05) is 0 Å². The number of benzene rings is 2. The highest BCUT2D eigenvalue weighted by Crippen LogP contribution is 2.24. The second-order valence-corrected chi connectivity index (χ2v) is 9.48. The Bertz CT molecular complexity index is 1230. The van der Waals surface area contributed by atoms with Gasteiger partial charge in [-0.2, -0.15) is 0 Å². The van der Waals surface area contributed by atoms with E-state index in [4.69, 9.17) is 21.2 Å². The number of carbonyl (C=O) groups excluding carboxylic acids is 1. The molecular formula is C17H13ClN2O6S2. The van der Waals surface area contributed by atoms with Crippen molar-refractivity contribution in [1.82, 2.24) is 0 Å². The zero-order valence-electron chi connectivity index (χ0n) is 14.0. The second-order valence-electron chi connectivity index (χ2n) is 5.60. The predicted molar refractivity (Wildman–Crippen MR) is 101 cm³/mol. The Kier molecular flexibility index (Phi) is 5.31. The molecule has 146 valence electrons. The molecule has 0 unspecified atom stereocenters. The monoisotopic (exact) mass is 440 g/mol. The Labute approximate surface area is 165 Å². The number of carbonyl (C=O) groups is 1. The van der Waals surface area contributed by atoms with Crippen molar-refractivity contribution in [2.75, 3.05) is 5.32 Å². The fourth-order valence-corrected chi connectivity index (χ4v) is 4.05. The van der Waals surface area contributed by atoms with Crippen molar-refractivity contribution in [2.45, 2.75) is 14.9 Å². The summed E-state index contributed by atoms with van der Waals surface area (Å²) in [6.07, 6.45) is 0. The molecule has 8 nitrogen and oxygen atoms in total. The Hall–Kier alpha value is -2.66. The van der Waals surface area contributed by atoms with Gasteiger partial charge in [-0.15, -0.1) is 0 Å². The lowest BCUT2D eigenvalue weighted by Gasteiger charge is -2.04. The number of amides is 1. The highest BCUT2D eigenvalue weighted by Gasteiger charge is 2.23. The van der Waals surface area contributed by atoms with Gasteiger partial charge in [0.2, 0.25) is 25.0 Å². The smallest absolute Gasteiger partial charge is 0.291 e. The molecule has 0 saturated heterocycles. The van der Waals surface area contributed by atoms with Crippen LogP contribution in [0.15, 0.2) is 80.0 Å². The van der Waals surface area contributed by atoms with E-state index < -0.39 is 30.9 Å². The first-order valence-corrected chi connectivity index (χ1v) is 11.0. The van der Waals surface area contributed by atoms with Gasteiger partial charge in [0.15, 0.2) is 5.76 Å². The molecule has 0 bridgehead atoms. The number of primary sulfonamides is 1. The van der Waals surface area contributed by atoms with Gasteiger partial charge in [0.1, 0.15) is 0 Å². The van der Waals surface area contributed by atoms with Crippen molar-refractivity contribution in [3.8, 4) is 0 Å². The summed E-state index contributed by atoms with van der Waals surface area (Å²) >= 11 is 5.75. The van der Waals surface area contributed by atoms with Crippen molar-refractivity contribution in [2.24, 2.45) is 5.14 Å². The quantitative estimate of drug-likeness (QED) is 0.625. The van der Waals surface area contributed by atoms with Crippen LogP contribution in [0.5, 0.6) is 0 Å². The van der Waals surface area contributed by atoms with Crippen LogP contribution in [-0.2, 0) is 19.9 Å². The SMILES string of the molecule is NS(=O)(=O)c1ccc(NC(=O)c2ccc(S(=O)(=O)c3ccc(Cl)cc3)o2)cc1. The zero-order valence-corrected chi connectivity index (χ0v) is 16.4. The minimum absolute atomic E-state index is 0.0307. The average molecular weight is 441 g/mol. The summed E-state index contributed by atoms with van der Waals surface area (Å²) in [6.45, 7) is 0. The Morgan fingerprint density at radius 2 is 1.43 bits per heavy atom. The minimum Gasteiger partial charge on any atom is -0.439 e. The van der Waals surface area contributed by atoms with Gasteiger partial charge in [0, 0.05) is 10.7 Å². The van der Waals surface area contributed by atoms with E-state index in [2.05, 4.69) is 5.32 Å². The zero-order chi connectivity index (χ0) is 20.5. The van der Waals surface area contributed by atoms with Gasteiger partial charge in [-0.25, -0.2) is 22.0 Å². The van der Waals surface area contributed by atoms with Crippen LogP contribution in [-0.4, -0.2) is 22.7 Å². The van der Waals surface area contributed by atoms with E-state index in [1.54, 1.807) is 0 Å². The maximum Gasteiger partial charge on any atom is 0.291 e. The van der Waals surface area contributed by atoms with E-state index in [1.165, 1.54) is 60.7 Å². The minimum atomic E-state index is -3.95. The molecule has 11 heteroatoms. The number of sulfonamides is 1. The van der Waals surface area contributed by atoms with E-state index in [0.717, 1.165) is 0 Å². The summed E-state index contributed by atoms with van der Waals surface area (Å²) in [7, 11) is -7.80. The number of hydrogen-bond donors (Lipinski definition) is 2. The van der Waals surface area contributed by atoms with Crippen LogP contribution in [0, 0.1) is 0 Å². The number of nitrogens with two attached hydrogens (primary N) is 1. The van der Waals surface area contributed by atoms with Gasteiger partial charge < -0.3 is 9.73 Å². The molecule has 1 aromatic heterocycles. The highest BCUT2D eigenvalue weighted by atomic mass is 35.5. The third-order valence-corrected chi connectivity index (χ3v) is 6.46. The van der Waals surface area contributed by atoms with E-state index >= 15 is 0 Å². The molecule has 0 saturated carbocycles. The molecule has 0 aliphatic rings. The van der Waals surface area contributed by atoms with Gasteiger partial charge >= 0.3 is 0 Å². The lowest BCUT2D eigenvalue weighted by Crippen LogP contribution is -2.13. The van der Waals surface area contributed by atoms with Gasteiger partial charge in [-0.05, 0) is 60.7 Å². The van der Waals surface area contributed by atoms with Crippen LogP contribution >= 0.6 is 11.6 Å². The summed E-state index contributed by atoms with van der Waals surface area (Å²) in [6, 6.07) is 13.0. The summed E-state index contributed by atoms with van der Waals surface area (Å²) in [5.74, 6) is -0.941. The molecule has 0 radical (unpaired) electrons. The third kappa shape index (κ3) is 4.25. The molecule has 3 N–H and O–H groups in total. The number of furan rings is 1. The van der Waals surface area contributed by atoms with Gasteiger partial charge in [-0.3, -0.25) is 4.79 Å². The number of halogens is 1. The van der Waals surface area contributed by atoms with Crippen LogP contribution in [0.2, 0.25) is 5.02 Å². The standard InChI is InChI=1S/C17H13ClN2O6S2/c18-11-1-5-13(6-2-11)27(22,23)16-10-9-15(26-16)17(21)20-12-3-7-14(8-4-12)28(19,24)25/h1-10H,(H,20,21)(H2,19,24,25). The number of nitrogens with one attached hydrogen (secondary N) is 1.